The number of carbonyl (C=O) groups excluding carboxylic acids is 3. The zero-order valence-electron chi connectivity index (χ0n) is 20.4. The van der Waals surface area contributed by atoms with E-state index in [4.69, 9.17) is 10.8 Å². The van der Waals surface area contributed by atoms with Crippen LogP contribution in [0.1, 0.15) is 58.4 Å². The van der Waals surface area contributed by atoms with E-state index in [0.29, 0.717) is 25.7 Å². The van der Waals surface area contributed by atoms with Crippen LogP contribution >= 0.6 is 0 Å². The average Bonchev–Trinajstić information content (AvgIpc) is 2.82. The van der Waals surface area contributed by atoms with E-state index in [0.717, 1.165) is 5.56 Å². The molecule has 0 saturated heterocycles. The molecular formula is C25H40N4O5. The summed E-state index contributed by atoms with van der Waals surface area (Å²) < 4.78 is 0. The maximum atomic E-state index is 13.3. The predicted molar refractivity (Wildman–Crippen MR) is 131 cm³/mol. The highest BCUT2D eigenvalue weighted by Gasteiger charge is 2.35. The molecule has 3 atom stereocenters. The minimum Gasteiger partial charge on any atom is -0.396 e. The smallest absolute Gasteiger partial charge is 0.257 e. The molecule has 34 heavy (non-hydrogen) atoms. The van der Waals surface area contributed by atoms with E-state index in [1.54, 1.807) is 11.6 Å². The van der Waals surface area contributed by atoms with Crippen LogP contribution in [0.25, 0.3) is 6.08 Å². The highest BCUT2D eigenvalue weighted by molar-refractivity contribution is 5.89. The van der Waals surface area contributed by atoms with Crippen LogP contribution in [0.3, 0.4) is 0 Å². The van der Waals surface area contributed by atoms with E-state index < -0.39 is 35.6 Å². The van der Waals surface area contributed by atoms with Gasteiger partial charge in [0, 0.05) is 13.2 Å². The van der Waals surface area contributed by atoms with Gasteiger partial charge in [-0.1, -0.05) is 56.3 Å². The van der Waals surface area contributed by atoms with Gasteiger partial charge in [0.05, 0.1) is 17.9 Å². The number of hydrogen-bond acceptors (Lipinski definition) is 6. The number of benzene rings is 1. The summed E-state index contributed by atoms with van der Waals surface area (Å²) in [6.45, 7) is 5.71. The topological polar surface area (TPSA) is 145 Å². The molecule has 6 N–H and O–H groups in total. The summed E-state index contributed by atoms with van der Waals surface area (Å²) in [4.78, 5) is 38.5. The number of carbonyl (C=O) groups is 3. The van der Waals surface area contributed by atoms with Gasteiger partial charge in [-0.05, 0) is 50.5 Å². The predicted octanol–water partition coefficient (Wildman–Crippen LogP) is 2.24. The first-order valence-corrected chi connectivity index (χ1v) is 11.8. The molecule has 9 heteroatoms. The summed E-state index contributed by atoms with van der Waals surface area (Å²) >= 11 is 0. The van der Waals surface area contributed by atoms with E-state index in [1.807, 2.05) is 50.3 Å². The monoisotopic (exact) mass is 476 g/mol. The molecule has 190 valence electrons. The van der Waals surface area contributed by atoms with Gasteiger partial charge in [-0.2, -0.15) is 0 Å². The molecule has 0 bridgehead atoms. The van der Waals surface area contributed by atoms with Crippen LogP contribution in [-0.4, -0.2) is 52.2 Å². The van der Waals surface area contributed by atoms with Gasteiger partial charge in [0.15, 0.2) is 0 Å². The van der Waals surface area contributed by atoms with Crippen LogP contribution in [-0.2, 0) is 14.4 Å². The van der Waals surface area contributed by atoms with Crippen LogP contribution in [0.2, 0.25) is 0 Å². The number of hydrazine groups is 1. The Morgan fingerprint density at radius 1 is 1.03 bits per heavy atom. The fraction of sp³-hybridized carbons (Fsp3) is 0.560. The molecule has 0 spiro atoms. The maximum absolute atomic E-state index is 13.3. The molecule has 0 aliphatic carbocycles. The third-order valence-electron chi connectivity index (χ3n) is 5.44. The quantitative estimate of drug-likeness (QED) is 0.158. The maximum Gasteiger partial charge on any atom is 0.257 e. The van der Waals surface area contributed by atoms with E-state index in [-0.39, 0.29) is 25.5 Å². The number of nitrogens with zero attached hydrogens (tertiary/aromatic N) is 1. The first-order chi connectivity index (χ1) is 16.2. The third-order valence-corrected chi connectivity index (χ3v) is 5.44. The van der Waals surface area contributed by atoms with Crippen molar-refractivity contribution in [2.45, 2.75) is 58.9 Å². The number of hydrogen-bond donors (Lipinski definition) is 5. The van der Waals surface area contributed by atoms with Gasteiger partial charge >= 0.3 is 0 Å². The Hall–Kier alpha value is -2.75. The van der Waals surface area contributed by atoms with Crippen LogP contribution < -0.4 is 16.6 Å². The molecule has 9 nitrogen and oxygen atoms in total. The first-order valence-electron chi connectivity index (χ1n) is 11.8. The number of aliphatic hydroxyl groups is 1. The number of allylic oxidation sites excluding steroid dienone is 1. The van der Waals surface area contributed by atoms with E-state index in [9.17, 15) is 19.6 Å². The Bertz CT molecular complexity index is 783. The van der Waals surface area contributed by atoms with Crippen LogP contribution in [0, 0.1) is 17.8 Å². The van der Waals surface area contributed by atoms with Crippen LogP contribution in [0.4, 0.5) is 0 Å². The van der Waals surface area contributed by atoms with Crippen molar-refractivity contribution >= 4 is 23.8 Å². The van der Waals surface area contributed by atoms with Crippen LogP contribution in [0.15, 0.2) is 36.4 Å². The largest absolute Gasteiger partial charge is 0.396 e. The molecule has 3 amide bonds. The number of aliphatic hydroxyl groups excluding tert-OH is 1. The number of rotatable bonds is 14. The molecule has 0 radical (unpaired) electrons. The lowest BCUT2D eigenvalue weighted by molar-refractivity contribution is -0.147. The molecule has 1 rings (SSSR count). The van der Waals surface area contributed by atoms with Gasteiger partial charge in [0.1, 0.15) is 0 Å². The number of nitrogens with one attached hydrogen (secondary N) is 2. The summed E-state index contributed by atoms with van der Waals surface area (Å²) in [7, 11) is 0. The van der Waals surface area contributed by atoms with Gasteiger partial charge in [0.25, 0.3) is 5.91 Å². The summed E-state index contributed by atoms with van der Waals surface area (Å²) in [5, 5.41) is 19.5. The Balaban J connectivity index is 3.08. The fourth-order valence-corrected chi connectivity index (χ4v) is 3.66. The van der Waals surface area contributed by atoms with Crippen molar-refractivity contribution in [3.63, 3.8) is 0 Å². The number of hydroxylamine groups is 1. The molecule has 0 aromatic heterocycles. The highest BCUT2D eigenvalue weighted by Crippen LogP contribution is 2.25. The molecule has 1 aromatic carbocycles. The Kier molecular flexibility index (Phi) is 13.8. The highest BCUT2D eigenvalue weighted by atomic mass is 16.5. The van der Waals surface area contributed by atoms with Crippen molar-refractivity contribution in [1.29, 1.82) is 0 Å². The molecule has 0 unspecified atom stereocenters. The molecule has 0 aliphatic rings. The van der Waals surface area contributed by atoms with Crippen molar-refractivity contribution in [1.82, 2.24) is 15.9 Å². The molecule has 0 aliphatic heterocycles. The second-order valence-corrected chi connectivity index (χ2v) is 8.91. The lowest BCUT2D eigenvalue weighted by atomic mass is 9.82. The zero-order valence-corrected chi connectivity index (χ0v) is 20.4. The van der Waals surface area contributed by atoms with E-state index in [2.05, 4.69) is 5.43 Å². The van der Waals surface area contributed by atoms with Gasteiger partial charge in [0.2, 0.25) is 11.8 Å². The number of unbranched alkanes of at least 4 members (excludes halogenated alkanes) is 2. The minimum atomic E-state index is -0.839. The fourth-order valence-electron chi connectivity index (χ4n) is 3.66. The standard InChI is InChI=1S/C25H40N4O5/c1-18(2)17-22(21(24(32)28-34)14-10-13-20-11-6-4-7-12-20)23(31)27-29(25(33)19(3)26)15-8-5-9-16-30/h4,6-7,10-13,18-19,21-22,30,34H,5,8-9,14-17,26H2,1-3H3,(H,27,31)(H,28,32)/b13-10+/t19-,21+,22-/m1/s1. The van der Waals surface area contributed by atoms with Gasteiger partial charge in [-0.3, -0.25) is 30.0 Å². The number of amides is 3. The van der Waals surface area contributed by atoms with Gasteiger partial charge in [-0.15, -0.1) is 0 Å². The first kappa shape index (κ1) is 29.3. The van der Waals surface area contributed by atoms with E-state index >= 15 is 0 Å². The Morgan fingerprint density at radius 2 is 1.71 bits per heavy atom. The average molecular weight is 477 g/mol. The van der Waals surface area contributed by atoms with Crippen molar-refractivity contribution in [3.05, 3.63) is 42.0 Å². The summed E-state index contributed by atoms with van der Waals surface area (Å²) in [6, 6.07) is 8.73. The van der Waals surface area contributed by atoms with Crippen molar-refractivity contribution in [3.8, 4) is 0 Å². The second kappa shape index (κ2) is 16.0. The van der Waals surface area contributed by atoms with Crippen molar-refractivity contribution in [2.24, 2.45) is 23.5 Å². The normalized spacial score (nSPS) is 14.0. The van der Waals surface area contributed by atoms with Gasteiger partial charge in [-0.25, -0.2) is 5.48 Å². The molecule has 0 heterocycles. The summed E-state index contributed by atoms with van der Waals surface area (Å²) in [6.07, 6.45) is 6.12. The van der Waals surface area contributed by atoms with Crippen molar-refractivity contribution in [2.75, 3.05) is 13.2 Å². The molecule has 1 aromatic rings. The third kappa shape index (κ3) is 10.5. The minimum absolute atomic E-state index is 0.0541. The lowest BCUT2D eigenvalue weighted by Crippen LogP contribution is -2.54. The molecule has 0 saturated carbocycles. The van der Waals surface area contributed by atoms with Crippen molar-refractivity contribution < 1.29 is 24.7 Å². The Morgan fingerprint density at radius 3 is 2.26 bits per heavy atom. The molecular weight excluding hydrogens is 436 g/mol. The summed E-state index contributed by atoms with van der Waals surface area (Å²) in [5.74, 6) is -3.11. The Labute approximate surface area is 202 Å². The lowest BCUT2D eigenvalue weighted by Gasteiger charge is -2.30. The number of nitrogens with two attached hydrogens (primary N) is 1. The van der Waals surface area contributed by atoms with Gasteiger partial charge < -0.3 is 10.8 Å². The SMILES string of the molecule is CC(C)C[C@@H](C(=O)NN(CCCCCO)C(=O)[C@@H](C)N)[C@H](C/C=C/c1ccccc1)C(=O)NO. The van der Waals surface area contributed by atoms with Crippen LogP contribution in [0.5, 0.6) is 0 Å². The van der Waals surface area contributed by atoms with E-state index in [1.165, 1.54) is 11.9 Å². The molecule has 0 fully saturated rings. The second-order valence-electron chi connectivity index (χ2n) is 8.91. The zero-order chi connectivity index (χ0) is 25.5. The summed E-state index contributed by atoms with van der Waals surface area (Å²) in [5.41, 5.74) is 11.1.